The Morgan fingerprint density at radius 3 is 2.33 bits per heavy atom. The van der Waals surface area contributed by atoms with E-state index in [0.717, 1.165) is 5.56 Å². The Morgan fingerprint density at radius 2 is 1.78 bits per heavy atom. The predicted octanol–water partition coefficient (Wildman–Crippen LogP) is 2.26. The van der Waals surface area contributed by atoms with Crippen molar-refractivity contribution in [3.05, 3.63) is 35.4 Å². The van der Waals surface area contributed by atoms with Crippen LogP contribution in [0.2, 0.25) is 0 Å². The van der Waals surface area contributed by atoms with Crippen LogP contribution >= 0.6 is 0 Å². The highest BCUT2D eigenvalue weighted by Crippen LogP contribution is 2.16. The predicted molar refractivity (Wildman–Crippen MR) is 99.3 cm³/mol. The van der Waals surface area contributed by atoms with Crippen LogP contribution in [0.15, 0.2) is 29.3 Å². The van der Waals surface area contributed by atoms with E-state index in [1.165, 1.54) is 6.26 Å². The number of ether oxygens (including phenoxy) is 1. The lowest BCUT2D eigenvalue weighted by Crippen LogP contribution is -2.38. The summed E-state index contributed by atoms with van der Waals surface area (Å²) in [5.74, 6) is 0.681. The Labute approximate surface area is 158 Å². The van der Waals surface area contributed by atoms with Crippen LogP contribution in [-0.4, -0.2) is 52.3 Å². The molecule has 0 fully saturated rings. The molecular formula is C17H26F3N3O3S. The van der Waals surface area contributed by atoms with E-state index in [4.69, 9.17) is 0 Å². The molecule has 0 spiro atoms. The van der Waals surface area contributed by atoms with Crippen molar-refractivity contribution in [2.75, 3.05) is 31.7 Å². The van der Waals surface area contributed by atoms with Crippen LogP contribution in [0.3, 0.4) is 0 Å². The normalized spacial score (nSPS) is 12.9. The smallest absolute Gasteiger partial charge is 0.367 e. The zero-order chi connectivity index (χ0) is 20.3. The molecule has 0 saturated carbocycles. The van der Waals surface area contributed by atoms with E-state index in [2.05, 4.69) is 20.4 Å². The number of aliphatic imine (C=N–C) groups is 1. The van der Waals surface area contributed by atoms with Crippen molar-refractivity contribution in [1.82, 2.24) is 10.6 Å². The lowest BCUT2D eigenvalue weighted by atomic mass is 10.1. The van der Waals surface area contributed by atoms with Gasteiger partial charge in [0.15, 0.2) is 5.96 Å². The van der Waals surface area contributed by atoms with Gasteiger partial charge in [-0.25, -0.2) is 13.4 Å². The number of nitrogens with zero attached hydrogens (tertiary/aromatic N) is 1. The summed E-state index contributed by atoms with van der Waals surface area (Å²) in [7, 11) is -2.98. The summed E-state index contributed by atoms with van der Waals surface area (Å²) < 4.78 is 63.0. The van der Waals surface area contributed by atoms with E-state index in [-0.39, 0.29) is 12.4 Å². The summed E-state index contributed by atoms with van der Waals surface area (Å²) in [6, 6.07) is 6.97. The highest BCUT2D eigenvalue weighted by Gasteiger charge is 2.27. The Hall–Kier alpha value is -1.81. The molecule has 154 valence electrons. The van der Waals surface area contributed by atoms with E-state index in [1.807, 2.05) is 6.92 Å². The van der Waals surface area contributed by atoms with Crippen molar-refractivity contribution in [1.29, 1.82) is 0 Å². The molecule has 27 heavy (non-hydrogen) atoms. The quantitative estimate of drug-likeness (QED) is 0.352. The second-order valence-electron chi connectivity index (χ2n) is 6.03. The maximum absolute atomic E-state index is 12.0. The lowest BCUT2D eigenvalue weighted by molar-refractivity contribution is -0.176. The van der Waals surface area contributed by atoms with Crippen molar-refractivity contribution >= 4 is 15.8 Å². The number of halogens is 3. The molecule has 0 radical (unpaired) electrons. The molecule has 0 saturated heterocycles. The Bertz CT molecular complexity index is 690. The minimum atomic E-state index is -4.33. The van der Waals surface area contributed by atoms with Crippen molar-refractivity contribution in [3.8, 4) is 0 Å². The highest BCUT2D eigenvalue weighted by molar-refractivity contribution is 7.90. The first-order valence-corrected chi connectivity index (χ1v) is 10.6. The molecule has 0 heterocycles. The molecule has 0 aromatic heterocycles. The van der Waals surface area contributed by atoms with Gasteiger partial charge in [-0.2, -0.15) is 13.2 Å². The third kappa shape index (κ3) is 12.2. The first-order valence-electron chi connectivity index (χ1n) is 8.51. The molecule has 6 nitrogen and oxygen atoms in total. The van der Waals surface area contributed by atoms with Crippen molar-refractivity contribution in [2.24, 2.45) is 4.99 Å². The lowest BCUT2D eigenvalue weighted by Gasteiger charge is -2.11. The first kappa shape index (κ1) is 23.2. The largest absolute Gasteiger partial charge is 0.411 e. The van der Waals surface area contributed by atoms with Crippen LogP contribution in [0, 0.1) is 0 Å². The maximum Gasteiger partial charge on any atom is 0.411 e. The second-order valence-corrected chi connectivity index (χ2v) is 8.29. The number of nitrogens with one attached hydrogen (secondary N) is 2. The topological polar surface area (TPSA) is 79.8 Å². The monoisotopic (exact) mass is 409 g/mol. The van der Waals surface area contributed by atoms with Gasteiger partial charge < -0.3 is 15.4 Å². The Kier molecular flexibility index (Phi) is 9.57. The molecule has 0 aliphatic heterocycles. The Morgan fingerprint density at radius 1 is 1.15 bits per heavy atom. The molecule has 10 heteroatoms. The van der Waals surface area contributed by atoms with Gasteiger partial charge in [0.2, 0.25) is 0 Å². The number of hydrogen-bond acceptors (Lipinski definition) is 4. The summed E-state index contributed by atoms with van der Waals surface area (Å²) >= 11 is 0. The molecule has 1 aromatic rings. The van der Waals surface area contributed by atoms with Gasteiger partial charge in [0.25, 0.3) is 0 Å². The zero-order valence-corrected chi connectivity index (χ0v) is 16.3. The summed E-state index contributed by atoms with van der Waals surface area (Å²) in [5, 5.41) is 6.13. The average molecular weight is 409 g/mol. The Balaban J connectivity index is 2.48. The van der Waals surface area contributed by atoms with Gasteiger partial charge in [-0.1, -0.05) is 24.3 Å². The van der Waals surface area contributed by atoms with Crippen molar-refractivity contribution in [3.63, 3.8) is 0 Å². The van der Waals surface area contributed by atoms with Gasteiger partial charge in [0, 0.05) is 19.3 Å². The molecule has 0 unspecified atom stereocenters. The molecule has 0 aliphatic rings. The minimum Gasteiger partial charge on any atom is -0.367 e. The molecule has 0 aliphatic carbocycles. The number of guanidine groups is 1. The van der Waals surface area contributed by atoms with Crippen LogP contribution in [0.5, 0.6) is 0 Å². The van der Waals surface area contributed by atoms with Crippen LogP contribution in [-0.2, 0) is 27.7 Å². The standard InChI is InChI=1S/C17H26F3N3O3S/c1-3-21-16(22-9-4-10-27(2,24)25)23-11-14-5-7-15(8-6-14)12-26-13-17(18,19)20/h5-8H,3-4,9-13H2,1-2H3,(H2,21,22,23). The molecule has 0 atom stereocenters. The van der Waals surface area contributed by atoms with Gasteiger partial charge in [0.1, 0.15) is 16.4 Å². The number of sulfone groups is 1. The van der Waals surface area contributed by atoms with Crippen molar-refractivity contribution < 1.29 is 26.3 Å². The van der Waals surface area contributed by atoms with E-state index in [9.17, 15) is 21.6 Å². The first-order chi connectivity index (χ1) is 12.6. The van der Waals surface area contributed by atoms with Crippen LogP contribution in [0.1, 0.15) is 24.5 Å². The SMILES string of the molecule is CCNC(=NCc1ccc(COCC(F)(F)F)cc1)NCCCS(C)(=O)=O. The molecule has 2 N–H and O–H groups in total. The fraction of sp³-hybridized carbons (Fsp3) is 0.588. The van der Waals surface area contributed by atoms with Crippen LogP contribution in [0.25, 0.3) is 0 Å². The molecule has 0 amide bonds. The average Bonchev–Trinajstić information content (AvgIpc) is 2.55. The van der Waals surface area contributed by atoms with Crippen LogP contribution < -0.4 is 10.6 Å². The van der Waals surface area contributed by atoms with Gasteiger partial charge in [0.05, 0.1) is 18.9 Å². The van der Waals surface area contributed by atoms with E-state index in [1.54, 1.807) is 24.3 Å². The number of rotatable bonds is 10. The summed E-state index contributed by atoms with van der Waals surface area (Å²) in [4.78, 5) is 4.41. The summed E-state index contributed by atoms with van der Waals surface area (Å²) in [5.41, 5.74) is 1.54. The molecular weight excluding hydrogens is 383 g/mol. The van der Waals surface area contributed by atoms with Crippen LogP contribution in [0.4, 0.5) is 13.2 Å². The summed E-state index contributed by atoms with van der Waals surface area (Å²) in [6.07, 6.45) is -2.65. The third-order valence-electron chi connectivity index (χ3n) is 3.31. The van der Waals surface area contributed by atoms with Gasteiger partial charge >= 0.3 is 6.18 Å². The highest BCUT2D eigenvalue weighted by atomic mass is 32.2. The number of benzene rings is 1. The van der Waals surface area contributed by atoms with Gasteiger partial charge in [-0.3, -0.25) is 0 Å². The van der Waals surface area contributed by atoms with Gasteiger partial charge in [-0.05, 0) is 24.5 Å². The van der Waals surface area contributed by atoms with E-state index < -0.39 is 22.6 Å². The number of hydrogen-bond donors (Lipinski definition) is 2. The molecule has 1 aromatic carbocycles. The fourth-order valence-electron chi connectivity index (χ4n) is 2.08. The second kappa shape index (κ2) is 11.1. The summed E-state index contributed by atoms with van der Waals surface area (Å²) in [6.45, 7) is 2.07. The van der Waals surface area contributed by atoms with E-state index in [0.29, 0.717) is 37.6 Å². The molecule has 1 rings (SSSR count). The fourth-order valence-corrected chi connectivity index (χ4v) is 2.75. The zero-order valence-electron chi connectivity index (χ0n) is 15.5. The maximum atomic E-state index is 12.0. The van der Waals surface area contributed by atoms with Crippen molar-refractivity contribution in [2.45, 2.75) is 32.7 Å². The third-order valence-corrected chi connectivity index (χ3v) is 4.34. The van der Waals surface area contributed by atoms with E-state index >= 15 is 0 Å². The molecule has 0 bridgehead atoms. The number of alkyl halides is 3. The minimum absolute atomic E-state index is 0.104. The van der Waals surface area contributed by atoms with Gasteiger partial charge in [-0.15, -0.1) is 0 Å².